The van der Waals surface area contributed by atoms with Crippen molar-refractivity contribution in [2.24, 2.45) is 0 Å². The maximum atomic E-state index is 11.3. The second-order valence-corrected chi connectivity index (χ2v) is 13.4. The highest BCUT2D eigenvalue weighted by Crippen LogP contribution is 2.45. The molecule has 2 aliphatic rings. The number of nitrogens with one attached hydrogen (secondary N) is 1. The molecule has 1 unspecified atom stereocenters. The summed E-state index contributed by atoms with van der Waals surface area (Å²) in [6, 6.07) is 30.8. The molecule has 252 valence electrons. The Morgan fingerprint density at radius 2 is 1.42 bits per heavy atom. The summed E-state index contributed by atoms with van der Waals surface area (Å²) in [5.41, 5.74) is 2.81. The quantitative estimate of drug-likeness (QED) is 0.158. The summed E-state index contributed by atoms with van der Waals surface area (Å²) < 4.78 is 36.6. The molecule has 0 bridgehead atoms. The summed E-state index contributed by atoms with van der Waals surface area (Å²) in [6.45, 7) is 3.51. The van der Waals surface area contributed by atoms with Gasteiger partial charge in [0.15, 0.2) is 17.7 Å². The van der Waals surface area contributed by atoms with E-state index in [-0.39, 0.29) is 6.61 Å². The Balaban J connectivity index is 0.000000952. The van der Waals surface area contributed by atoms with Crippen molar-refractivity contribution in [1.29, 1.82) is 0 Å². The lowest BCUT2D eigenvalue weighted by Gasteiger charge is -2.37. The van der Waals surface area contributed by atoms with Gasteiger partial charge >= 0.3 is 8.25 Å². The number of nitrogens with zero attached hydrogens (tertiary/aromatic N) is 5. The molecule has 0 spiro atoms. The number of rotatable bonds is 9. The largest absolute Gasteiger partial charge is 0.352 e. The molecule has 2 N–H and O–H groups in total. The third kappa shape index (κ3) is 6.92. The Morgan fingerprint density at radius 3 is 1.94 bits per heavy atom. The van der Waals surface area contributed by atoms with Crippen molar-refractivity contribution in [3.63, 3.8) is 0 Å². The summed E-state index contributed by atoms with van der Waals surface area (Å²) in [7, 11) is 2.85. The predicted octanol–water partition coefficient (Wildman–Crippen LogP) is 5.22. The van der Waals surface area contributed by atoms with Gasteiger partial charge in [0.2, 0.25) is 0 Å². The lowest BCUT2D eigenvalue weighted by atomic mass is 9.77. The van der Waals surface area contributed by atoms with Gasteiger partial charge in [-0.1, -0.05) is 91.0 Å². The topological polar surface area (TPSA) is 133 Å². The van der Waals surface area contributed by atoms with Crippen molar-refractivity contribution in [3.8, 4) is 0 Å². The fourth-order valence-electron chi connectivity index (χ4n) is 6.25. The molecule has 48 heavy (non-hydrogen) atoms. The minimum absolute atomic E-state index is 0.125. The third-order valence-corrected chi connectivity index (χ3v) is 8.47. The van der Waals surface area contributed by atoms with Crippen LogP contribution < -0.4 is 5.32 Å². The second kappa shape index (κ2) is 14.2. The van der Waals surface area contributed by atoms with E-state index in [1.165, 1.54) is 6.33 Å². The monoisotopic (exact) mass is 672 g/mol. The fraction of sp³-hybridized carbons (Fsp3) is 0.343. The molecule has 4 heterocycles. The summed E-state index contributed by atoms with van der Waals surface area (Å²) in [4.78, 5) is 20.6. The molecule has 2 aromatic heterocycles. The SMILES string of the molecule is CC1(C)O[C@@H]2[C@H](O1)[C@@H](CO[PH](=O)O)O[C@H]2n1ncc2c(NC(c3ccccc3)(c3ccccc3)c3ccccc3)ncnc21.CN(C)C. The summed E-state index contributed by atoms with van der Waals surface area (Å²) >= 11 is 0. The zero-order valence-electron chi connectivity index (χ0n) is 27.6. The first-order chi connectivity index (χ1) is 23.1. The molecular weight excluding hydrogens is 631 g/mol. The van der Waals surface area contributed by atoms with E-state index in [0.29, 0.717) is 16.9 Å². The zero-order valence-corrected chi connectivity index (χ0v) is 28.6. The van der Waals surface area contributed by atoms with Crippen LogP contribution in [0.5, 0.6) is 0 Å². The van der Waals surface area contributed by atoms with Gasteiger partial charge in [0.1, 0.15) is 36.0 Å². The van der Waals surface area contributed by atoms with Crippen LogP contribution in [0.3, 0.4) is 0 Å². The van der Waals surface area contributed by atoms with Crippen molar-refractivity contribution in [1.82, 2.24) is 24.6 Å². The van der Waals surface area contributed by atoms with Gasteiger partial charge in [-0.05, 0) is 51.7 Å². The van der Waals surface area contributed by atoms with Gasteiger partial charge in [0, 0.05) is 0 Å². The molecular formula is C35H41N6O6P. The Labute approximate surface area is 280 Å². The highest BCUT2D eigenvalue weighted by atomic mass is 31.1. The molecule has 13 heteroatoms. The Bertz CT molecular complexity index is 1730. The molecule has 0 aliphatic carbocycles. The van der Waals surface area contributed by atoms with Crippen LogP contribution in [0.2, 0.25) is 0 Å². The fourth-order valence-corrected chi connectivity index (χ4v) is 6.56. The van der Waals surface area contributed by atoms with Gasteiger partial charge in [-0.15, -0.1) is 0 Å². The third-order valence-electron chi connectivity index (χ3n) is 8.05. The van der Waals surface area contributed by atoms with Gasteiger partial charge < -0.3 is 33.8 Å². The van der Waals surface area contributed by atoms with E-state index >= 15 is 0 Å². The molecule has 0 amide bonds. The average Bonchev–Trinajstić information content (AvgIpc) is 3.74. The van der Waals surface area contributed by atoms with E-state index in [9.17, 15) is 9.46 Å². The van der Waals surface area contributed by atoms with Gasteiger partial charge in [-0.3, -0.25) is 4.57 Å². The number of fused-ring (bicyclic) bond motifs is 2. The molecule has 2 fully saturated rings. The van der Waals surface area contributed by atoms with E-state index in [0.717, 1.165) is 16.7 Å². The number of hydrogen-bond acceptors (Lipinski definition) is 10. The van der Waals surface area contributed by atoms with Crippen LogP contribution in [0.4, 0.5) is 5.82 Å². The van der Waals surface area contributed by atoms with E-state index in [1.54, 1.807) is 10.9 Å². The summed E-state index contributed by atoms with van der Waals surface area (Å²) in [5.74, 6) is -0.305. The second-order valence-electron chi connectivity index (χ2n) is 12.6. The highest BCUT2D eigenvalue weighted by Gasteiger charge is 2.56. The molecule has 0 radical (unpaired) electrons. The van der Waals surface area contributed by atoms with Gasteiger partial charge in [0.25, 0.3) is 0 Å². The Hall–Kier alpha value is -4.00. The first kappa shape index (κ1) is 33.9. The zero-order chi connectivity index (χ0) is 33.9. The van der Waals surface area contributed by atoms with Gasteiger partial charge in [-0.25, -0.2) is 14.6 Å². The van der Waals surface area contributed by atoms with Crippen LogP contribution in [0.15, 0.2) is 104 Å². The molecule has 2 aliphatic heterocycles. The molecule has 7 rings (SSSR count). The predicted molar refractivity (Wildman–Crippen MR) is 183 cm³/mol. The van der Waals surface area contributed by atoms with Crippen LogP contribution in [0, 0.1) is 0 Å². The van der Waals surface area contributed by atoms with Crippen molar-refractivity contribution in [3.05, 3.63) is 120 Å². The van der Waals surface area contributed by atoms with Crippen molar-refractivity contribution >= 4 is 25.1 Å². The van der Waals surface area contributed by atoms with Crippen LogP contribution in [-0.2, 0) is 28.8 Å². The van der Waals surface area contributed by atoms with Crippen LogP contribution in [-0.4, -0.2) is 81.4 Å². The maximum Gasteiger partial charge on any atom is 0.316 e. The number of aromatic nitrogens is 4. The van der Waals surface area contributed by atoms with Crippen LogP contribution in [0.25, 0.3) is 11.0 Å². The summed E-state index contributed by atoms with van der Waals surface area (Å²) in [5, 5.41) is 9.18. The standard InChI is InChI=1S/C32H32N5O6P.C3H9N/c1-31(2)42-26-25(19-40-44(38)39)41-30(27(26)43-31)37-29-24(18-35-37)28(33-20-34-29)36-32(21-12-6-3-7-13-21,22-14-8-4-9-15-22)23-16-10-5-11-17-23;1-4(2)3/h3-18,20,25-27,30,44H,19H2,1-2H3,(H,38,39)(H,33,34,36);1-3H3/t25-,26-,27-,30-;/m1./s1. The minimum Gasteiger partial charge on any atom is -0.352 e. The Morgan fingerprint density at radius 1 is 0.896 bits per heavy atom. The molecule has 3 aromatic carbocycles. The lowest BCUT2D eigenvalue weighted by Crippen LogP contribution is -2.38. The van der Waals surface area contributed by atoms with E-state index in [2.05, 4.69) is 46.7 Å². The highest BCUT2D eigenvalue weighted by molar-refractivity contribution is 7.32. The average molecular weight is 673 g/mol. The lowest BCUT2D eigenvalue weighted by molar-refractivity contribution is -0.200. The number of hydrogen-bond donors (Lipinski definition) is 2. The number of anilines is 1. The van der Waals surface area contributed by atoms with E-state index in [1.807, 2.05) is 94.5 Å². The van der Waals surface area contributed by atoms with E-state index < -0.39 is 44.1 Å². The molecule has 0 saturated carbocycles. The minimum atomic E-state index is -3.15. The first-order valence-electron chi connectivity index (χ1n) is 15.7. The maximum absolute atomic E-state index is 11.3. The molecule has 12 nitrogen and oxygen atoms in total. The summed E-state index contributed by atoms with van der Waals surface area (Å²) in [6.07, 6.45) is 0.754. The van der Waals surface area contributed by atoms with Crippen LogP contribution >= 0.6 is 8.25 Å². The molecule has 5 aromatic rings. The van der Waals surface area contributed by atoms with Crippen molar-refractivity contribution < 1.29 is 28.2 Å². The van der Waals surface area contributed by atoms with Crippen molar-refractivity contribution in [2.75, 3.05) is 33.1 Å². The number of benzene rings is 3. The van der Waals surface area contributed by atoms with E-state index in [4.69, 9.17) is 28.8 Å². The normalized spacial score (nSPS) is 22.2. The van der Waals surface area contributed by atoms with Crippen molar-refractivity contribution in [2.45, 2.75) is 49.7 Å². The Kier molecular flexibility index (Phi) is 10.0. The first-order valence-corrected chi connectivity index (χ1v) is 17.0. The van der Waals surface area contributed by atoms with Gasteiger partial charge in [-0.2, -0.15) is 5.10 Å². The number of ether oxygens (including phenoxy) is 3. The molecule has 5 atom stereocenters. The smallest absolute Gasteiger partial charge is 0.316 e. The molecule has 2 saturated heterocycles. The van der Waals surface area contributed by atoms with Gasteiger partial charge in [0.05, 0.1) is 18.2 Å². The van der Waals surface area contributed by atoms with Crippen LogP contribution in [0.1, 0.15) is 36.8 Å².